The molecule has 156 valence electrons. The van der Waals surface area contributed by atoms with Crippen LogP contribution in [0.1, 0.15) is 44.1 Å². The molecule has 0 radical (unpaired) electrons. The van der Waals surface area contributed by atoms with Crippen molar-refractivity contribution in [2.75, 3.05) is 32.1 Å². The predicted octanol–water partition coefficient (Wildman–Crippen LogP) is 1.98. The number of carbonyl (C=O) groups excluding carboxylic acids is 2. The van der Waals surface area contributed by atoms with E-state index < -0.39 is 0 Å². The Balaban J connectivity index is 1.76. The number of hydrogen-bond donors (Lipinski definition) is 4. The smallest absolute Gasteiger partial charge is 0.243 e. The minimum atomic E-state index is -0.309. The molecule has 7 heteroatoms. The van der Waals surface area contributed by atoms with Gasteiger partial charge in [0.25, 0.3) is 0 Å². The van der Waals surface area contributed by atoms with Gasteiger partial charge in [-0.3, -0.25) is 9.59 Å². The predicted molar refractivity (Wildman–Crippen MR) is 109 cm³/mol. The van der Waals surface area contributed by atoms with Gasteiger partial charge in [0.05, 0.1) is 25.9 Å². The lowest BCUT2D eigenvalue weighted by Crippen LogP contribution is -2.45. The lowest BCUT2D eigenvalue weighted by atomic mass is 9.83. The molecule has 1 aliphatic carbocycles. The van der Waals surface area contributed by atoms with Gasteiger partial charge in [0.1, 0.15) is 5.75 Å². The van der Waals surface area contributed by atoms with Crippen LogP contribution in [0.15, 0.2) is 18.2 Å². The van der Waals surface area contributed by atoms with E-state index in [2.05, 4.69) is 16.0 Å². The van der Waals surface area contributed by atoms with Gasteiger partial charge in [-0.15, -0.1) is 0 Å². The van der Waals surface area contributed by atoms with Crippen LogP contribution in [-0.4, -0.2) is 49.8 Å². The van der Waals surface area contributed by atoms with Crippen LogP contribution in [-0.2, 0) is 9.59 Å². The Labute approximate surface area is 167 Å². The number of ether oxygens (including phenoxy) is 1. The summed E-state index contributed by atoms with van der Waals surface area (Å²) in [4.78, 5) is 24.3. The Kier molecular flexibility index (Phi) is 9.23. The topological polar surface area (TPSA) is 99.7 Å². The lowest BCUT2D eigenvalue weighted by molar-refractivity contribution is -0.123. The molecule has 1 atom stereocenters. The zero-order valence-electron chi connectivity index (χ0n) is 16.9. The Morgan fingerprint density at radius 2 is 1.93 bits per heavy atom. The van der Waals surface area contributed by atoms with Crippen LogP contribution in [0.2, 0.25) is 0 Å². The van der Waals surface area contributed by atoms with Crippen LogP contribution in [0.3, 0.4) is 0 Å². The second-order valence-electron chi connectivity index (χ2n) is 7.43. The van der Waals surface area contributed by atoms with Crippen molar-refractivity contribution in [2.24, 2.45) is 5.92 Å². The van der Waals surface area contributed by atoms with Gasteiger partial charge in [0.15, 0.2) is 0 Å². The first-order valence-electron chi connectivity index (χ1n) is 10.1. The van der Waals surface area contributed by atoms with Crippen molar-refractivity contribution in [3.63, 3.8) is 0 Å². The Morgan fingerprint density at radius 3 is 2.61 bits per heavy atom. The monoisotopic (exact) mass is 391 g/mol. The van der Waals surface area contributed by atoms with Crippen LogP contribution in [0.5, 0.6) is 5.75 Å². The number of amides is 2. The number of aliphatic hydroxyl groups excluding tert-OH is 1. The molecule has 0 spiro atoms. The normalized spacial score (nSPS) is 15.7. The molecule has 1 saturated carbocycles. The number of methoxy groups -OCH3 is 1. The zero-order chi connectivity index (χ0) is 20.4. The van der Waals surface area contributed by atoms with Gasteiger partial charge in [-0.1, -0.05) is 25.3 Å². The van der Waals surface area contributed by atoms with E-state index in [9.17, 15) is 14.7 Å². The number of carbonyl (C=O) groups is 2. The van der Waals surface area contributed by atoms with E-state index in [0.717, 1.165) is 18.4 Å². The van der Waals surface area contributed by atoms with E-state index in [0.29, 0.717) is 23.8 Å². The Hall–Kier alpha value is -2.12. The number of rotatable bonds is 10. The molecule has 0 aliphatic heterocycles. The highest BCUT2D eigenvalue weighted by atomic mass is 16.5. The van der Waals surface area contributed by atoms with E-state index in [4.69, 9.17) is 4.74 Å². The number of nitrogens with one attached hydrogen (secondary N) is 3. The summed E-state index contributed by atoms with van der Waals surface area (Å²) in [5, 5.41) is 18.0. The number of aliphatic hydroxyl groups is 1. The zero-order valence-corrected chi connectivity index (χ0v) is 16.9. The third-order valence-corrected chi connectivity index (χ3v) is 5.26. The summed E-state index contributed by atoms with van der Waals surface area (Å²) >= 11 is 0. The van der Waals surface area contributed by atoms with Crippen LogP contribution in [0.4, 0.5) is 5.69 Å². The first kappa shape index (κ1) is 22.2. The Morgan fingerprint density at radius 1 is 1.18 bits per heavy atom. The van der Waals surface area contributed by atoms with Crippen LogP contribution in [0, 0.1) is 12.8 Å². The van der Waals surface area contributed by atoms with Crippen molar-refractivity contribution in [3.05, 3.63) is 23.8 Å². The summed E-state index contributed by atoms with van der Waals surface area (Å²) < 4.78 is 5.24. The average Bonchev–Trinajstić information content (AvgIpc) is 2.70. The van der Waals surface area contributed by atoms with E-state index >= 15 is 0 Å². The second kappa shape index (κ2) is 11.7. The summed E-state index contributed by atoms with van der Waals surface area (Å²) in [5.41, 5.74) is 1.59. The molecule has 1 aliphatic rings. The van der Waals surface area contributed by atoms with Gasteiger partial charge < -0.3 is 25.8 Å². The molecule has 2 rings (SSSR count). The molecular formula is C21H33N3O4. The number of anilines is 1. The average molecular weight is 392 g/mol. The quantitative estimate of drug-likeness (QED) is 0.489. The SMILES string of the molecule is COc1ccc(C)cc1NC(=O)CNC(=O)CN[C@@H](CCO)C1CCCCC1. The van der Waals surface area contributed by atoms with Crippen molar-refractivity contribution in [1.29, 1.82) is 0 Å². The second-order valence-corrected chi connectivity index (χ2v) is 7.43. The largest absolute Gasteiger partial charge is 0.495 e. The highest BCUT2D eigenvalue weighted by Crippen LogP contribution is 2.27. The standard InChI is InChI=1S/C21H33N3O4/c1-15-8-9-19(28-2)18(12-15)24-21(27)14-23-20(26)13-22-17(10-11-25)16-6-4-3-5-7-16/h8-9,12,16-17,22,25H,3-7,10-11,13-14H2,1-2H3,(H,23,26)(H,24,27)/t17-/m0/s1. The van der Waals surface area contributed by atoms with Crippen molar-refractivity contribution in [1.82, 2.24) is 10.6 Å². The van der Waals surface area contributed by atoms with Gasteiger partial charge in [0.2, 0.25) is 11.8 Å². The fourth-order valence-electron chi connectivity index (χ4n) is 3.76. The fourth-order valence-corrected chi connectivity index (χ4v) is 3.76. The van der Waals surface area contributed by atoms with Crippen LogP contribution in [0.25, 0.3) is 0 Å². The Bertz CT molecular complexity index is 645. The molecule has 1 aromatic rings. The summed E-state index contributed by atoms with van der Waals surface area (Å²) in [7, 11) is 1.54. The summed E-state index contributed by atoms with van der Waals surface area (Å²) in [6, 6.07) is 5.65. The minimum absolute atomic E-state index is 0.105. The molecule has 1 fully saturated rings. The molecule has 0 unspecified atom stereocenters. The minimum Gasteiger partial charge on any atom is -0.495 e. The first-order chi connectivity index (χ1) is 13.5. The molecule has 0 saturated heterocycles. The molecule has 0 bridgehead atoms. The summed E-state index contributed by atoms with van der Waals surface area (Å²) in [5.74, 6) is 0.540. The number of aryl methyl sites for hydroxylation is 1. The number of hydrogen-bond acceptors (Lipinski definition) is 5. The van der Waals surface area contributed by atoms with E-state index in [1.54, 1.807) is 13.2 Å². The number of benzene rings is 1. The third-order valence-electron chi connectivity index (χ3n) is 5.26. The van der Waals surface area contributed by atoms with Gasteiger partial charge in [-0.05, 0) is 49.8 Å². The molecule has 2 amide bonds. The van der Waals surface area contributed by atoms with Gasteiger partial charge in [-0.25, -0.2) is 0 Å². The molecule has 1 aromatic carbocycles. The lowest BCUT2D eigenvalue weighted by Gasteiger charge is -2.30. The molecule has 28 heavy (non-hydrogen) atoms. The summed E-state index contributed by atoms with van der Waals surface area (Å²) in [6.07, 6.45) is 6.61. The maximum atomic E-state index is 12.1. The van der Waals surface area contributed by atoms with Crippen LogP contribution >= 0.6 is 0 Å². The van der Waals surface area contributed by atoms with E-state index in [-0.39, 0.29) is 37.6 Å². The van der Waals surface area contributed by atoms with E-state index in [1.807, 2.05) is 19.1 Å². The first-order valence-corrected chi connectivity index (χ1v) is 10.1. The van der Waals surface area contributed by atoms with Crippen molar-refractivity contribution < 1.29 is 19.4 Å². The van der Waals surface area contributed by atoms with Crippen molar-refractivity contribution in [2.45, 2.75) is 51.5 Å². The van der Waals surface area contributed by atoms with Gasteiger partial charge in [-0.2, -0.15) is 0 Å². The highest BCUT2D eigenvalue weighted by molar-refractivity contribution is 5.96. The maximum absolute atomic E-state index is 12.1. The maximum Gasteiger partial charge on any atom is 0.243 e. The fraction of sp³-hybridized carbons (Fsp3) is 0.619. The van der Waals surface area contributed by atoms with Crippen molar-refractivity contribution >= 4 is 17.5 Å². The highest BCUT2D eigenvalue weighted by Gasteiger charge is 2.23. The van der Waals surface area contributed by atoms with Gasteiger partial charge in [0, 0.05) is 12.6 Å². The van der Waals surface area contributed by atoms with Crippen LogP contribution < -0.4 is 20.7 Å². The van der Waals surface area contributed by atoms with Gasteiger partial charge >= 0.3 is 0 Å². The van der Waals surface area contributed by atoms with Crippen molar-refractivity contribution in [3.8, 4) is 5.75 Å². The molecule has 4 N–H and O–H groups in total. The molecule has 7 nitrogen and oxygen atoms in total. The molecule has 0 heterocycles. The molecule has 0 aromatic heterocycles. The summed E-state index contributed by atoms with van der Waals surface area (Å²) in [6.45, 7) is 2.07. The van der Waals surface area contributed by atoms with E-state index in [1.165, 1.54) is 19.3 Å². The third kappa shape index (κ3) is 7.13. The molecular weight excluding hydrogens is 358 g/mol.